The molecule has 0 aliphatic carbocycles. The topological polar surface area (TPSA) is 55.1 Å². The molecule has 0 amide bonds. The van der Waals surface area contributed by atoms with Crippen molar-refractivity contribution in [2.75, 3.05) is 0 Å². The predicted molar refractivity (Wildman–Crippen MR) is 64.7 cm³/mol. The Bertz CT molecular complexity index is 558. The number of imidazole rings is 1. The van der Waals surface area contributed by atoms with Crippen LogP contribution in [0.1, 0.15) is 11.3 Å². The largest absolute Gasteiger partial charge is 0.481 e. The van der Waals surface area contributed by atoms with E-state index in [4.69, 9.17) is 5.11 Å². The van der Waals surface area contributed by atoms with Crippen LogP contribution in [0, 0.1) is 6.92 Å². The van der Waals surface area contributed by atoms with Crippen molar-refractivity contribution in [2.45, 2.75) is 13.3 Å². The fraction of sp³-hybridized carbons (Fsp3) is 0.231. The molecular weight excluding hydrogens is 216 g/mol. The zero-order chi connectivity index (χ0) is 12.4. The van der Waals surface area contributed by atoms with Gasteiger partial charge < -0.3 is 9.67 Å². The Balaban J connectivity index is 2.40. The van der Waals surface area contributed by atoms with Crippen LogP contribution in [-0.4, -0.2) is 20.6 Å². The summed E-state index contributed by atoms with van der Waals surface area (Å²) >= 11 is 0. The van der Waals surface area contributed by atoms with Gasteiger partial charge in [-0.3, -0.25) is 4.79 Å². The van der Waals surface area contributed by atoms with Gasteiger partial charge in [-0.25, -0.2) is 4.98 Å². The number of benzene rings is 1. The lowest BCUT2D eigenvalue weighted by molar-refractivity contribution is -0.136. The maximum atomic E-state index is 10.7. The fourth-order valence-electron chi connectivity index (χ4n) is 1.82. The van der Waals surface area contributed by atoms with Crippen molar-refractivity contribution in [1.82, 2.24) is 9.55 Å². The molecule has 0 spiro atoms. The molecule has 0 unspecified atom stereocenters. The summed E-state index contributed by atoms with van der Waals surface area (Å²) in [5, 5.41) is 8.77. The lowest BCUT2D eigenvalue weighted by atomic mass is 10.1. The van der Waals surface area contributed by atoms with Gasteiger partial charge >= 0.3 is 5.97 Å². The van der Waals surface area contributed by atoms with Gasteiger partial charge in [-0.15, -0.1) is 0 Å². The summed E-state index contributed by atoms with van der Waals surface area (Å²) < 4.78 is 1.82. The van der Waals surface area contributed by atoms with Crippen molar-refractivity contribution in [3.63, 3.8) is 0 Å². The number of carboxylic acids is 1. The third kappa shape index (κ3) is 2.36. The predicted octanol–water partition coefficient (Wildman–Crippen LogP) is 2.02. The highest BCUT2D eigenvalue weighted by Crippen LogP contribution is 2.19. The van der Waals surface area contributed by atoms with Gasteiger partial charge in [0, 0.05) is 24.5 Å². The van der Waals surface area contributed by atoms with E-state index < -0.39 is 5.97 Å². The molecule has 1 N–H and O–H groups in total. The molecule has 17 heavy (non-hydrogen) atoms. The summed E-state index contributed by atoms with van der Waals surface area (Å²) in [7, 11) is 1.84. The molecule has 0 fully saturated rings. The monoisotopic (exact) mass is 230 g/mol. The van der Waals surface area contributed by atoms with Crippen molar-refractivity contribution in [1.29, 1.82) is 0 Å². The Morgan fingerprint density at radius 2 is 2.24 bits per heavy atom. The van der Waals surface area contributed by atoms with E-state index in [9.17, 15) is 4.79 Å². The van der Waals surface area contributed by atoms with E-state index in [1.165, 1.54) is 0 Å². The van der Waals surface area contributed by atoms with Gasteiger partial charge in [-0.05, 0) is 13.0 Å². The van der Waals surface area contributed by atoms with Crippen LogP contribution in [0.15, 0.2) is 30.5 Å². The van der Waals surface area contributed by atoms with Crippen LogP contribution in [-0.2, 0) is 18.3 Å². The highest BCUT2D eigenvalue weighted by Gasteiger charge is 2.11. The van der Waals surface area contributed by atoms with Crippen molar-refractivity contribution < 1.29 is 9.90 Å². The first-order valence-corrected chi connectivity index (χ1v) is 5.37. The summed E-state index contributed by atoms with van der Waals surface area (Å²) in [4.78, 5) is 15.0. The summed E-state index contributed by atoms with van der Waals surface area (Å²) in [5.74, 6) is -0.0475. The average molecular weight is 230 g/mol. The Labute approximate surface area is 99.5 Å². The molecule has 2 aromatic rings. The molecule has 0 atom stereocenters. The molecule has 0 aliphatic rings. The van der Waals surface area contributed by atoms with Gasteiger partial charge in [0.15, 0.2) is 0 Å². The normalized spacial score (nSPS) is 10.5. The lowest BCUT2D eigenvalue weighted by Crippen LogP contribution is -2.05. The molecule has 0 saturated heterocycles. The van der Waals surface area contributed by atoms with Crippen LogP contribution in [0.25, 0.3) is 11.4 Å². The molecule has 1 aromatic carbocycles. The maximum Gasteiger partial charge on any atom is 0.309 e. The zero-order valence-corrected chi connectivity index (χ0v) is 9.84. The van der Waals surface area contributed by atoms with Crippen LogP contribution in [0.3, 0.4) is 0 Å². The molecule has 0 radical (unpaired) electrons. The summed E-state index contributed by atoms with van der Waals surface area (Å²) in [6.45, 7) is 2.02. The number of carbonyl (C=O) groups is 1. The van der Waals surface area contributed by atoms with Crippen LogP contribution < -0.4 is 0 Å². The van der Waals surface area contributed by atoms with Gasteiger partial charge in [0.1, 0.15) is 5.82 Å². The van der Waals surface area contributed by atoms with Gasteiger partial charge in [0.2, 0.25) is 0 Å². The van der Waals surface area contributed by atoms with Crippen molar-refractivity contribution in [3.05, 3.63) is 41.7 Å². The molecule has 0 saturated carbocycles. The molecule has 2 rings (SSSR count). The minimum atomic E-state index is -0.844. The fourth-order valence-corrected chi connectivity index (χ4v) is 1.82. The van der Waals surface area contributed by atoms with Gasteiger partial charge in [-0.2, -0.15) is 0 Å². The highest BCUT2D eigenvalue weighted by molar-refractivity contribution is 5.70. The maximum absolute atomic E-state index is 10.7. The first-order chi connectivity index (χ1) is 8.08. The minimum absolute atomic E-state index is 0.00465. The molecular formula is C13H14N2O2. The van der Waals surface area contributed by atoms with E-state index in [0.717, 1.165) is 17.0 Å². The Morgan fingerprint density at radius 1 is 1.47 bits per heavy atom. The molecule has 0 aliphatic heterocycles. The number of aromatic nitrogens is 2. The van der Waals surface area contributed by atoms with Gasteiger partial charge in [0.05, 0.1) is 6.42 Å². The van der Waals surface area contributed by atoms with E-state index in [1.807, 2.05) is 42.8 Å². The second kappa shape index (κ2) is 4.41. The molecule has 0 bridgehead atoms. The Kier molecular flexibility index (Phi) is 2.95. The highest BCUT2D eigenvalue weighted by atomic mass is 16.4. The third-order valence-corrected chi connectivity index (χ3v) is 2.69. The number of aliphatic carboxylic acids is 1. The number of hydrogen-bond acceptors (Lipinski definition) is 2. The molecule has 1 heterocycles. The van der Waals surface area contributed by atoms with Crippen molar-refractivity contribution in [3.8, 4) is 11.4 Å². The van der Waals surface area contributed by atoms with E-state index in [1.54, 1.807) is 6.20 Å². The summed E-state index contributed by atoms with van der Waals surface area (Å²) in [6, 6.07) is 7.99. The quantitative estimate of drug-likeness (QED) is 0.877. The van der Waals surface area contributed by atoms with Crippen LogP contribution in [0.5, 0.6) is 0 Å². The average Bonchev–Trinajstić information content (AvgIpc) is 2.60. The third-order valence-electron chi connectivity index (χ3n) is 2.69. The summed E-state index contributed by atoms with van der Waals surface area (Å²) in [6.07, 6.45) is 1.61. The molecule has 88 valence electrons. The van der Waals surface area contributed by atoms with E-state index >= 15 is 0 Å². The first-order valence-electron chi connectivity index (χ1n) is 5.37. The van der Waals surface area contributed by atoms with Gasteiger partial charge in [-0.1, -0.05) is 23.8 Å². The molecule has 4 heteroatoms. The van der Waals surface area contributed by atoms with Crippen molar-refractivity contribution >= 4 is 5.97 Å². The molecule has 1 aromatic heterocycles. The summed E-state index contributed by atoms with van der Waals surface area (Å²) in [5.41, 5.74) is 2.86. The minimum Gasteiger partial charge on any atom is -0.481 e. The number of carboxylic acid groups (broad SMARTS) is 1. The number of rotatable bonds is 3. The van der Waals surface area contributed by atoms with E-state index in [0.29, 0.717) is 5.69 Å². The van der Waals surface area contributed by atoms with Crippen LogP contribution in [0.4, 0.5) is 0 Å². The van der Waals surface area contributed by atoms with E-state index in [2.05, 4.69) is 4.98 Å². The molecule has 4 nitrogen and oxygen atoms in total. The zero-order valence-electron chi connectivity index (χ0n) is 9.84. The first kappa shape index (κ1) is 11.4. The smallest absolute Gasteiger partial charge is 0.309 e. The second-order valence-corrected chi connectivity index (χ2v) is 4.07. The number of aryl methyl sites for hydroxylation is 1. The number of nitrogens with zero attached hydrogens (tertiary/aromatic N) is 2. The van der Waals surface area contributed by atoms with Gasteiger partial charge in [0.25, 0.3) is 0 Å². The van der Waals surface area contributed by atoms with Crippen LogP contribution in [0.2, 0.25) is 0 Å². The van der Waals surface area contributed by atoms with Crippen molar-refractivity contribution in [2.24, 2.45) is 7.05 Å². The lowest BCUT2D eigenvalue weighted by Gasteiger charge is -2.05. The SMILES string of the molecule is Cc1cccc(-c2ncc(CC(=O)O)n2C)c1. The standard InChI is InChI=1S/C13H14N2O2/c1-9-4-3-5-10(6-9)13-14-8-11(15(13)2)7-12(16)17/h3-6,8H,7H2,1-2H3,(H,16,17). The second-order valence-electron chi connectivity index (χ2n) is 4.07. The Hall–Kier alpha value is -2.10. The Morgan fingerprint density at radius 3 is 2.88 bits per heavy atom. The number of hydrogen-bond donors (Lipinski definition) is 1. The van der Waals surface area contributed by atoms with Crippen LogP contribution >= 0.6 is 0 Å². The van der Waals surface area contributed by atoms with E-state index in [-0.39, 0.29) is 6.42 Å².